The molecule has 0 spiro atoms. The average Bonchev–Trinajstić information content (AvgIpc) is 2.24. The van der Waals surface area contributed by atoms with Crippen LogP contribution in [0.2, 0.25) is 0 Å². The topological polar surface area (TPSA) is 12.0 Å². The van der Waals surface area contributed by atoms with Gasteiger partial charge in [-0.3, -0.25) is 0 Å². The van der Waals surface area contributed by atoms with Gasteiger partial charge in [0.2, 0.25) is 0 Å². The molecule has 17 heavy (non-hydrogen) atoms. The number of alkyl halides is 3. The molecule has 0 bridgehead atoms. The van der Waals surface area contributed by atoms with E-state index in [1.54, 1.807) is 0 Å². The second kappa shape index (κ2) is 6.05. The Balaban J connectivity index is 2.30. The summed E-state index contributed by atoms with van der Waals surface area (Å²) in [5.74, 6) is 0. The fourth-order valence-corrected chi connectivity index (χ4v) is 1.58. The SMILES string of the molecule is Cc1ccc([C@H](C)NCCCC(F)(F)F)cc1. The van der Waals surface area contributed by atoms with Gasteiger partial charge in [0.05, 0.1) is 0 Å². The molecule has 1 rings (SSSR count). The first-order chi connectivity index (χ1) is 7.88. The van der Waals surface area contributed by atoms with Gasteiger partial charge in [0.15, 0.2) is 0 Å². The van der Waals surface area contributed by atoms with Crippen molar-refractivity contribution >= 4 is 0 Å². The number of halogens is 3. The van der Waals surface area contributed by atoms with Crippen LogP contribution in [0, 0.1) is 6.92 Å². The highest BCUT2D eigenvalue weighted by Crippen LogP contribution is 2.21. The largest absolute Gasteiger partial charge is 0.389 e. The lowest BCUT2D eigenvalue weighted by Crippen LogP contribution is -2.21. The van der Waals surface area contributed by atoms with Gasteiger partial charge >= 0.3 is 6.18 Å². The smallest absolute Gasteiger partial charge is 0.310 e. The van der Waals surface area contributed by atoms with Gasteiger partial charge in [-0.15, -0.1) is 0 Å². The maximum Gasteiger partial charge on any atom is 0.389 e. The number of nitrogens with one attached hydrogen (secondary N) is 1. The Hall–Kier alpha value is -1.03. The molecule has 1 atom stereocenters. The van der Waals surface area contributed by atoms with E-state index in [-0.39, 0.29) is 12.5 Å². The van der Waals surface area contributed by atoms with E-state index in [1.165, 1.54) is 5.56 Å². The summed E-state index contributed by atoms with van der Waals surface area (Å²) in [7, 11) is 0. The summed E-state index contributed by atoms with van der Waals surface area (Å²) in [5.41, 5.74) is 2.28. The molecule has 1 N–H and O–H groups in total. The van der Waals surface area contributed by atoms with Crippen molar-refractivity contribution in [1.82, 2.24) is 5.32 Å². The lowest BCUT2D eigenvalue weighted by molar-refractivity contribution is -0.135. The minimum absolute atomic E-state index is 0.0869. The van der Waals surface area contributed by atoms with E-state index < -0.39 is 12.6 Å². The second-order valence-electron chi connectivity index (χ2n) is 4.31. The molecule has 1 aromatic carbocycles. The first kappa shape index (κ1) is 14.0. The quantitative estimate of drug-likeness (QED) is 0.773. The minimum atomic E-state index is -4.05. The first-order valence-electron chi connectivity index (χ1n) is 5.75. The fourth-order valence-electron chi connectivity index (χ4n) is 1.58. The van der Waals surface area contributed by atoms with Crippen LogP contribution in [0.1, 0.15) is 36.9 Å². The monoisotopic (exact) mass is 245 g/mol. The highest BCUT2D eigenvalue weighted by atomic mass is 19.4. The van der Waals surface area contributed by atoms with E-state index >= 15 is 0 Å². The molecule has 4 heteroatoms. The Morgan fingerprint density at radius 1 is 1.18 bits per heavy atom. The van der Waals surface area contributed by atoms with Crippen molar-refractivity contribution in [3.63, 3.8) is 0 Å². The maximum absolute atomic E-state index is 11.9. The lowest BCUT2D eigenvalue weighted by atomic mass is 10.1. The molecule has 0 saturated heterocycles. The van der Waals surface area contributed by atoms with Crippen molar-refractivity contribution in [3.8, 4) is 0 Å². The third-order valence-electron chi connectivity index (χ3n) is 2.66. The van der Waals surface area contributed by atoms with E-state index in [0.717, 1.165) is 5.56 Å². The molecule has 0 aliphatic rings. The van der Waals surface area contributed by atoms with Crippen LogP contribution < -0.4 is 5.32 Å². The van der Waals surface area contributed by atoms with E-state index in [9.17, 15) is 13.2 Å². The normalized spacial score (nSPS) is 13.7. The van der Waals surface area contributed by atoms with E-state index in [2.05, 4.69) is 5.32 Å². The van der Waals surface area contributed by atoms with Crippen LogP contribution >= 0.6 is 0 Å². The van der Waals surface area contributed by atoms with Crippen LogP contribution in [0.4, 0.5) is 13.2 Å². The molecule has 0 heterocycles. The van der Waals surface area contributed by atoms with Crippen molar-refractivity contribution in [2.24, 2.45) is 0 Å². The van der Waals surface area contributed by atoms with Crippen molar-refractivity contribution in [2.75, 3.05) is 6.54 Å². The second-order valence-corrected chi connectivity index (χ2v) is 4.31. The predicted molar refractivity (Wildman–Crippen MR) is 62.9 cm³/mol. The third-order valence-corrected chi connectivity index (χ3v) is 2.66. The van der Waals surface area contributed by atoms with E-state index in [0.29, 0.717) is 6.54 Å². The van der Waals surface area contributed by atoms with Gasteiger partial charge in [-0.05, 0) is 32.4 Å². The van der Waals surface area contributed by atoms with E-state index in [1.807, 2.05) is 38.1 Å². The molecule has 0 saturated carbocycles. The molecule has 0 amide bonds. The third kappa shape index (κ3) is 5.73. The Morgan fingerprint density at radius 3 is 2.29 bits per heavy atom. The lowest BCUT2D eigenvalue weighted by Gasteiger charge is -2.15. The molecule has 0 fully saturated rings. The fraction of sp³-hybridized carbons (Fsp3) is 0.538. The summed E-state index contributed by atoms with van der Waals surface area (Å²) in [6.45, 7) is 4.35. The zero-order valence-electron chi connectivity index (χ0n) is 10.1. The van der Waals surface area contributed by atoms with Gasteiger partial charge in [0.1, 0.15) is 0 Å². The summed E-state index contributed by atoms with van der Waals surface area (Å²) in [6, 6.07) is 8.09. The molecular formula is C13H18F3N. The van der Waals surface area contributed by atoms with Crippen LogP contribution in [0.3, 0.4) is 0 Å². The number of hydrogen-bond acceptors (Lipinski definition) is 1. The predicted octanol–water partition coefficient (Wildman–Crippen LogP) is 3.99. The van der Waals surface area contributed by atoms with Gasteiger partial charge in [-0.25, -0.2) is 0 Å². The highest BCUT2D eigenvalue weighted by molar-refractivity contribution is 5.23. The number of aryl methyl sites for hydroxylation is 1. The zero-order chi connectivity index (χ0) is 12.9. The van der Waals surface area contributed by atoms with Crippen molar-refractivity contribution in [1.29, 1.82) is 0 Å². The van der Waals surface area contributed by atoms with Crippen LogP contribution in [0.15, 0.2) is 24.3 Å². The van der Waals surface area contributed by atoms with Crippen LogP contribution in [0.25, 0.3) is 0 Å². The highest BCUT2D eigenvalue weighted by Gasteiger charge is 2.25. The molecular weight excluding hydrogens is 227 g/mol. The number of hydrogen-bond donors (Lipinski definition) is 1. The summed E-state index contributed by atoms with van der Waals surface area (Å²) >= 11 is 0. The Bertz CT molecular complexity index is 330. The number of benzene rings is 1. The first-order valence-corrected chi connectivity index (χ1v) is 5.75. The minimum Gasteiger partial charge on any atom is -0.310 e. The average molecular weight is 245 g/mol. The van der Waals surface area contributed by atoms with Gasteiger partial charge in [0, 0.05) is 12.5 Å². The van der Waals surface area contributed by atoms with Gasteiger partial charge in [-0.1, -0.05) is 29.8 Å². The Kier molecular flexibility index (Phi) is 5.00. The van der Waals surface area contributed by atoms with Crippen molar-refractivity contribution < 1.29 is 13.2 Å². The van der Waals surface area contributed by atoms with Gasteiger partial charge < -0.3 is 5.32 Å². The molecule has 1 nitrogen and oxygen atoms in total. The van der Waals surface area contributed by atoms with Crippen LogP contribution in [0.5, 0.6) is 0 Å². The summed E-state index contributed by atoms with van der Waals surface area (Å²) in [5, 5.41) is 3.09. The zero-order valence-corrected chi connectivity index (χ0v) is 10.1. The maximum atomic E-state index is 11.9. The van der Waals surface area contributed by atoms with E-state index in [4.69, 9.17) is 0 Å². The van der Waals surface area contributed by atoms with Gasteiger partial charge in [-0.2, -0.15) is 13.2 Å². The van der Waals surface area contributed by atoms with Crippen molar-refractivity contribution in [2.45, 2.75) is 38.9 Å². The molecule has 1 aromatic rings. The van der Waals surface area contributed by atoms with Crippen LogP contribution in [-0.4, -0.2) is 12.7 Å². The summed E-state index contributed by atoms with van der Waals surface area (Å²) in [6.07, 6.45) is -4.64. The Morgan fingerprint density at radius 2 is 1.76 bits per heavy atom. The molecule has 96 valence electrons. The molecule has 0 aromatic heterocycles. The molecule has 0 radical (unpaired) electrons. The molecule has 0 unspecified atom stereocenters. The molecule has 0 aliphatic heterocycles. The summed E-state index contributed by atoms with van der Waals surface area (Å²) in [4.78, 5) is 0. The summed E-state index contributed by atoms with van der Waals surface area (Å²) < 4.78 is 35.8. The van der Waals surface area contributed by atoms with Crippen LogP contribution in [-0.2, 0) is 0 Å². The van der Waals surface area contributed by atoms with Crippen molar-refractivity contribution in [3.05, 3.63) is 35.4 Å². The standard InChI is InChI=1S/C13H18F3N/c1-10-4-6-12(7-5-10)11(2)17-9-3-8-13(14,15)16/h4-7,11,17H,3,8-9H2,1-2H3/t11-/m0/s1. The Labute approximate surface area is 100 Å². The number of rotatable bonds is 5. The van der Waals surface area contributed by atoms with Gasteiger partial charge in [0.25, 0.3) is 0 Å². The molecule has 0 aliphatic carbocycles.